The summed E-state index contributed by atoms with van der Waals surface area (Å²) >= 11 is 7.72. The smallest absolute Gasteiger partial charge is 0.266 e. The van der Waals surface area contributed by atoms with Crippen molar-refractivity contribution in [3.63, 3.8) is 0 Å². The number of ether oxygens (including phenoxy) is 1. The minimum atomic E-state index is -0.130. The topological polar surface area (TPSA) is 38.3 Å². The van der Waals surface area contributed by atoms with Crippen molar-refractivity contribution in [2.75, 3.05) is 12.4 Å². The van der Waals surface area contributed by atoms with Crippen LogP contribution in [-0.4, -0.2) is 13.0 Å². The summed E-state index contributed by atoms with van der Waals surface area (Å²) in [5.41, 5.74) is 4.09. The van der Waals surface area contributed by atoms with Crippen LogP contribution in [0.5, 0.6) is 5.75 Å². The lowest BCUT2D eigenvalue weighted by Crippen LogP contribution is -2.12. The summed E-state index contributed by atoms with van der Waals surface area (Å²) in [6, 6.07) is 21.8. The van der Waals surface area contributed by atoms with Gasteiger partial charge < -0.3 is 10.1 Å². The summed E-state index contributed by atoms with van der Waals surface area (Å²) in [6.45, 7) is 2.07. The van der Waals surface area contributed by atoms with E-state index in [0.717, 1.165) is 20.5 Å². The Morgan fingerprint density at radius 1 is 1.07 bits per heavy atom. The van der Waals surface area contributed by atoms with Gasteiger partial charge in [-0.2, -0.15) is 0 Å². The molecule has 0 aliphatic heterocycles. The number of aryl methyl sites for hydroxylation is 1. The van der Waals surface area contributed by atoms with Gasteiger partial charge in [-0.15, -0.1) is 11.3 Å². The van der Waals surface area contributed by atoms with Gasteiger partial charge in [0.2, 0.25) is 0 Å². The predicted octanol–water partition coefficient (Wildman–Crippen LogP) is 6.71. The fourth-order valence-electron chi connectivity index (χ4n) is 3.30. The van der Waals surface area contributed by atoms with E-state index in [2.05, 4.69) is 48.6 Å². The van der Waals surface area contributed by atoms with Crippen molar-refractivity contribution in [2.24, 2.45) is 0 Å². The molecule has 0 bridgehead atoms. The summed E-state index contributed by atoms with van der Waals surface area (Å²) < 4.78 is 6.28. The molecule has 1 N–H and O–H groups in total. The molecule has 29 heavy (non-hydrogen) atoms. The zero-order valence-electron chi connectivity index (χ0n) is 16.2. The lowest BCUT2D eigenvalue weighted by atomic mass is 10.0. The molecule has 0 saturated heterocycles. The molecule has 0 unspecified atom stereocenters. The first-order valence-corrected chi connectivity index (χ1v) is 10.5. The molecule has 0 fully saturated rings. The highest BCUT2D eigenvalue weighted by Gasteiger charge is 2.19. The molecule has 0 saturated carbocycles. The fourth-order valence-corrected chi connectivity index (χ4v) is 4.67. The average molecular weight is 422 g/mol. The Bertz CT molecular complexity index is 1180. The maximum absolute atomic E-state index is 13.1. The molecule has 3 aromatic carbocycles. The van der Waals surface area contributed by atoms with Gasteiger partial charge in [0, 0.05) is 10.4 Å². The Morgan fingerprint density at radius 3 is 2.55 bits per heavy atom. The number of thiophene rings is 1. The summed E-state index contributed by atoms with van der Waals surface area (Å²) in [6.07, 6.45) is 0.705. The third-order valence-corrected chi connectivity index (χ3v) is 6.32. The number of methoxy groups -OCH3 is 1. The van der Waals surface area contributed by atoms with E-state index in [0.29, 0.717) is 22.9 Å². The van der Waals surface area contributed by atoms with Crippen LogP contribution in [0.15, 0.2) is 66.7 Å². The van der Waals surface area contributed by atoms with Gasteiger partial charge in [0.25, 0.3) is 5.91 Å². The second-order valence-electron chi connectivity index (χ2n) is 6.87. The van der Waals surface area contributed by atoms with Crippen LogP contribution >= 0.6 is 22.9 Å². The number of anilines is 1. The minimum Gasteiger partial charge on any atom is -0.495 e. The number of hydrogen-bond donors (Lipinski definition) is 1. The largest absolute Gasteiger partial charge is 0.495 e. The number of rotatable bonds is 5. The molecule has 1 heterocycles. The van der Waals surface area contributed by atoms with Crippen molar-refractivity contribution in [3.05, 3.63) is 93.3 Å². The molecule has 0 atom stereocenters. The second-order valence-corrected chi connectivity index (χ2v) is 8.33. The van der Waals surface area contributed by atoms with Gasteiger partial charge in [0.05, 0.1) is 17.0 Å². The normalized spacial score (nSPS) is 10.9. The SMILES string of the molecule is COc1ccc(NC(=O)c2sc3ccccc3c2Cc2ccc(C)cc2)cc1Cl. The first kappa shape index (κ1) is 19.5. The summed E-state index contributed by atoms with van der Waals surface area (Å²) in [5, 5.41) is 4.56. The van der Waals surface area contributed by atoms with Crippen LogP contribution in [0.3, 0.4) is 0 Å². The molecule has 1 amide bonds. The molecular formula is C24H20ClNO2S. The number of carbonyl (C=O) groups excluding carboxylic acids is 1. The Hall–Kier alpha value is -2.82. The molecule has 0 spiro atoms. The summed E-state index contributed by atoms with van der Waals surface area (Å²) in [4.78, 5) is 13.9. The third-order valence-electron chi connectivity index (χ3n) is 4.82. The van der Waals surface area contributed by atoms with Crippen LogP contribution in [-0.2, 0) is 6.42 Å². The maximum Gasteiger partial charge on any atom is 0.266 e. The van der Waals surface area contributed by atoms with Crippen molar-refractivity contribution in [2.45, 2.75) is 13.3 Å². The number of hydrogen-bond acceptors (Lipinski definition) is 3. The summed E-state index contributed by atoms with van der Waals surface area (Å²) in [7, 11) is 1.56. The number of nitrogens with one attached hydrogen (secondary N) is 1. The van der Waals surface area contributed by atoms with E-state index in [1.54, 1.807) is 25.3 Å². The van der Waals surface area contributed by atoms with E-state index in [-0.39, 0.29) is 5.91 Å². The molecule has 0 aliphatic rings. The Morgan fingerprint density at radius 2 is 1.83 bits per heavy atom. The van der Waals surface area contributed by atoms with Crippen molar-refractivity contribution in [1.29, 1.82) is 0 Å². The molecule has 4 aromatic rings. The summed E-state index contributed by atoms with van der Waals surface area (Å²) in [5.74, 6) is 0.445. The van der Waals surface area contributed by atoms with Crippen LogP contribution in [0.4, 0.5) is 5.69 Å². The average Bonchev–Trinajstić information content (AvgIpc) is 3.08. The van der Waals surface area contributed by atoms with Crippen molar-refractivity contribution in [3.8, 4) is 5.75 Å². The second kappa shape index (κ2) is 8.27. The fraction of sp³-hybridized carbons (Fsp3) is 0.125. The van der Waals surface area contributed by atoms with E-state index in [1.165, 1.54) is 22.5 Å². The van der Waals surface area contributed by atoms with Crippen LogP contribution in [0, 0.1) is 6.92 Å². The minimum absolute atomic E-state index is 0.130. The number of fused-ring (bicyclic) bond motifs is 1. The van der Waals surface area contributed by atoms with Gasteiger partial charge in [-0.05, 0) is 54.1 Å². The Labute approximate surface area is 178 Å². The van der Waals surface area contributed by atoms with Gasteiger partial charge in [0.1, 0.15) is 5.75 Å². The monoisotopic (exact) mass is 421 g/mol. The van der Waals surface area contributed by atoms with Gasteiger partial charge in [-0.1, -0.05) is 59.6 Å². The lowest BCUT2D eigenvalue weighted by molar-refractivity contribution is 0.103. The van der Waals surface area contributed by atoms with Crippen molar-refractivity contribution >= 4 is 44.6 Å². The van der Waals surface area contributed by atoms with Gasteiger partial charge >= 0.3 is 0 Å². The molecule has 4 rings (SSSR count). The van der Waals surface area contributed by atoms with E-state index in [9.17, 15) is 4.79 Å². The molecule has 0 radical (unpaired) electrons. The van der Waals surface area contributed by atoms with E-state index < -0.39 is 0 Å². The third kappa shape index (κ3) is 4.14. The van der Waals surface area contributed by atoms with E-state index in [4.69, 9.17) is 16.3 Å². The van der Waals surface area contributed by atoms with Crippen LogP contribution in [0.25, 0.3) is 10.1 Å². The van der Waals surface area contributed by atoms with Crippen LogP contribution in [0.2, 0.25) is 5.02 Å². The number of halogens is 1. The first-order valence-electron chi connectivity index (χ1n) is 9.26. The highest BCUT2D eigenvalue weighted by atomic mass is 35.5. The van der Waals surface area contributed by atoms with Crippen LogP contribution in [0.1, 0.15) is 26.4 Å². The zero-order chi connectivity index (χ0) is 20.4. The number of carbonyl (C=O) groups is 1. The quantitative estimate of drug-likeness (QED) is 0.388. The first-order chi connectivity index (χ1) is 14.0. The standard InChI is InChI=1S/C24H20ClNO2S/c1-15-7-9-16(10-8-15)13-19-18-5-3-4-6-22(18)29-23(19)24(27)26-17-11-12-21(28-2)20(25)14-17/h3-12,14H,13H2,1-2H3,(H,26,27). The predicted molar refractivity (Wildman–Crippen MR) is 122 cm³/mol. The Kier molecular flexibility index (Phi) is 5.56. The highest BCUT2D eigenvalue weighted by molar-refractivity contribution is 7.21. The molecular weight excluding hydrogens is 402 g/mol. The molecule has 3 nitrogen and oxygen atoms in total. The van der Waals surface area contributed by atoms with Crippen LogP contribution < -0.4 is 10.1 Å². The van der Waals surface area contributed by atoms with E-state index >= 15 is 0 Å². The van der Waals surface area contributed by atoms with Gasteiger partial charge in [0.15, 0.2) is 0 Å². The van der Waals surface area contributed by atoms with E-state index in [1.807, 2.05) is 12.1 Å². The number of benzene rings is 3. The molecule has 146 valence electrons. The number of amides is 1. The van der Waals surface area contributed by atoms with Crippen molar-refractivity contribution < 1.29 is 9.53 Å². The lowest BCUT2D eigenvalue weighted by Gasteiger charge is -2.09. The highest BCUT2D eigenvalue weighted by Crippen LogP contribution is 2.34. The maximum atomic E-state index is 13.1. The molecule has 0 aliphatic carbocycles. The van der Waals surface area contributed by atoms with Crippen molar-refractivity contribution in [1.82, 2.24) is 0 Å². The molecule has 1 aromatic heterocycles. The van der Waals surface area contributed by atoms with Gasteiger partial charge in [-0.25, -0.2) is 0 Å². The Balaban J connectivity index is 1.69. The zero-order valence-corrected chi connectivity index (χ0v) is 17.7. The van der Waals surface area contributed by atoms with Gasteiger partial charge in [-0.3, -0.25) is 4.79 Å². The molecule has 5 heteroatoms.